The van der Waals surface area contributed by atoms with Crippen molar-refractivity contribution < 1.29 is 39.3 Å². The number of pyridine rings is 1. The van der Waals surface area contributed by atoms with Crippen molar-refractivity contribution in [2.45, 2.75) is 78.1 Å². The molecule has 3 unspecified atom stereocenters. The van der Waals surface area contributed by atoms with E-state index in [-0.39, 0.29) is 35.9 Å². The van der Waals surface area contributed by atoms with Gasteiger partial charge in [0.25, 0.3) is 5.56 Å². The quantitative estimate of drug-likeness (QED) is 0.187. The summed E-state index contributed by atoms with van der Waals surface area (Å²) in [6.07, 6.45) is 3.02. The number of phenolic OH excluding ortho intramolecular Hbond substituents is 1. The average molecular weight is 568 g/mol. The number of cyclic esters (lactones) is 1. The first-order chi connectivity index (χ1) is 19.4. The summed E-state index contributed by atoms with van der Waals surface area (Å²) in [5.41, 5.74) is -0.429. The molecule has 2 heterocycles. The Hall–Kier alpha value is -4.18. The zero-order valence-electron chi connectivity index (χ0n) is 23.7. The monoisotopic (exact) mass is 567 g/mol. The van der Waals surface area contributed by atoms with E-state index < -0.39 is 53.4 Å². The molecule has 0 saturated carbocycles. The number of esters is 1. The summed E-state index contributed by atoms with van der Waals surface area (Å²) < 4.78 is 5.90. The Kier molecular flexibility index (Phi) is 10.7. The summed E-state index contributed by atoms with van der Waals surface area (Å²) in [4.78, 5) is 57.4. The molecule has 0 bridgehead atoms. The minimum atomic E-state index is -1.50. The van der Waals surface area contributed by atoms with Gasteiger partial charge in [-0.2, -0.15) is 4.73 Å². The van der Waals surface area contributed by atoms with Crippen molar-refractivity contribution in [1.82, 2.24) is 4.73 Å². The predicted octanol–water partition coefficient (Wildman–Crippen LogP) is 3.89. The highest BCUT2D eigenvalue weighted by atomic mass is 16.7. The van der Waals surface area contributed by atoms with Crippen molar-refractivity contribution in [1.29, 1.82) is 0 Å². The fourth-order valence-corrected chi connectivity index (χ4v) is 4.36. The van der Waals surface area contributed by atoms with Gasteiger partial charge in [-0.05, 0) is 50.0 Å². The van der Waals surface area contributed by atoms with Gasteiger partial charge in [-0.1, -0.05) is 50.1 Å². The third-order valence-corrected chi connectivity index (χ3v) is 6.91. The number of aromatic hydroxyl groups is 2. The van der Waals surface area contributed by atoms with Crippen LogP contribution in [-0.2, 0) is 14.3 Å². The number of nitrogens with zero attached hydrogens (tertiary/aromatic N) is 1. The molecule has 0 spiro atoms. The topological polar surface area (TPSA) is 152 Å². The number of rotatable bonds is 8. The lowest BCUT2D eigenvalue weighted by Gasteiger charge is -2.26. The number of hydrogen-bond donors (Lipinski definition) is 3. The van der Waals surface area contributed by atoms with Gasteiger partial charge in [0.1, 0.15) is 28.9 Å². The number of hydrogen-bond acceptors (Lipinski definition) is 9. The molecule has 1 aromatic heterocycles. The minimum Gasteiger partial charge on any atom is -0.508 e. The van der Waals surface area contributed by atoms with Gasteiger partial charge in [-0.25, -0.2) is 0 Å². The van der Waals surface area contributed by atoms with Gasteiger partial charge in [0.2, 0.25) is 0 Å². The number of benzene rings is 1. The van der Waals surface area contributed by atoms with Gasteiger partial charge in [0.15, 0.2) is 11.9 Å². The van der Waals surface area contributed by atoms with E-state index in [2.05, 4.69) is 0 Å². The van der Waals surface area contributed by atoms with Crippen LogP contribution in [0.1, 0.15) is 70.2 Å². The Bertz CT molecular complexity index is 1390. The maximum Gasteiger partial charge on any atom is 0.308 e. The largest absolute Gasteiger partial charge is 0.508 e. The molecule has 10 nitrogen and oxygen atoms in total. The van der Waals surface area contributed by atoms with E-state index in [4.69, 9.17) is 9.57 Å². The molecule has 41 heavy (non-hydrogen) atoms. The van der Waals surface area contributed by atoms with E-state index >= 15 is 0 Å². The minimum absolute atomic E-state index is 0.0298. The number of carbonyl (C=O) groups excluding carboxylic acids is 3. The van der Waals surface area contributed by atoms with Gasteiger partial charge in [0.05, 0.1) is 18.7 Å². The molecule has 0 amide bonds. The molecule has 3 rings (SSSR count). The molecule has 3 N–H and O–H groups in total. The van der Waals surface area contributed by atoms with E-state index in [1.807, 2.05) is 26.8 Å². The molecule has 4 atom stereocenters. The molecule has 0 aliphatic carbocycles. The highest BCUT2D eigenvalue weighted by molar-refractivity contribution is 6.07. The van der Waals surface area contributed by atoms with Crippen molar-refractivity contribution in [3.05, 3.63) is 70.2 Å². The molecule has 1 aromatic carbocycles. The Labute approximate surface area is 238 Å². The molecule has 0 radical (unpaired) electrons. The molecular formula is C31H37NO9. The predicted molar refractivity (Wildman–Crippen MR) is 152 cm³/mol. The van der Waals surface area contributed by atoms with Crippen LogP contribution in [0, 0.1) is 5.92 Å². The van der Waals surface area contributed by atoms with Crippen molar-refractivity contribution in [3.8, 4) is 22.6 Å². The van der Waals surface area contributed by atoms with Gasteiger partial charge >= 0.3 is 5.97 Å². The van der Waals surface area contributed by atoms with Crippen LogP contribution in [0.15, 0.2) is 59.1 Å². The van der Waals surface area contributed by atoms with Crippen molar-refractivity contribution in [2.24, 2.45) is 5.92 Å². The average Bonchev–Trinajstić information content (AvgIpc) is 2.91. The number of aliphatic hydroxyl groups excluding tert-OH is 1. The van der Waals surface area contributed by atoms with Crippen molar-refractivity contribution >= 4 is 17.5 Å². The van der Waals surface area contributed by atoms with Crippen LogP contribution in [-0.4, -0.2) is 55.9 Å². The number of carbonyl (C=O) groups is 3. The van der Waals surface area contributed by atoms with E-state index in [1.165, 1.54) is 30.3 Å². The van der Waals surface area contributed by atoms with Crippen LogP contribution in [0.4, 0.5) is 0 Å². The van der Waals surface area contributed by atoms with E-state index in [0.717, 1.165) is 18.2 Å². The zero-order valence-corrected chi connectivity index (χ0v) is 23.7. The fraction of sp³-hybridized carbons (Fsp3) is 0.419. The Morgan fingerprint density at radius 1 is 1.15 bits per heavy atom. The number of ketones is 2. The third kappa shape index (κ3) is 8.40. The van der Waals surface area contributed by atoms with Crippen LogP contribution < -0.4 is 10.4 Å². The molecular weight excluding hydrogens is 530 g/mol. The molecule has 2 aromatic rings. The summed E-state index contributed by atoms with van der Waals surface area (Å²) in [6, 6.07) is 5.68. The first-order valence-corrected chi connectivity index (χ1v) is 13.6. The normalized spacial score (nSPS) is 21.4. The Balaban J connectivity index is 2.09. The second-order valence-electron chi connectivity index (χ2n) is 10.4. The summed E-state index contributed by atoms with van der Waals surface area (Å²) in [5.74, 6) is -2.10. The van der Waals surface area contributed by atoms with Crippen LogP contribution in [0.5, 0.6) is 11.5 Å². The summed E-state index contributed by atoms with van der Waals surface area (Å²) in [5, 5.41) is 31.5. The van der Waals surface area contributed by atoms with Gasteiger partial charge in [-0.15, -0.1) is 0 Å². The lowest BCUT2D eigenvalue weighted by Crippen LogP contribution is -2.44. The molecule has 1 saturated heterocycles. The molecule has 1 aliphatic rings. The van der Waals surface area contributed by atoms with Gasteiger partial charge < -0.3 is 24.9 Å². The maximum atomic E-state index is 13.5. The van der Waals surface area contributed by atoms with Crippen LogP contribution in [0.2, 0.25) is 0 Å². The van der Waals surface area contributed by atoms with Crippen molar-refractivity contribution in [2.75, 3.05) is 0 Å². The van der Waals surface area contributed by atoms with Crippen molar-refractivity contribution in [3.63, 3.8) is 0 Å². The maximum absolute atomic E-state index is 13.5. The van der Waals surface area contributed by atoms with Gasteiger partial charge in [0, 0.05) is 18.4 Å². The SMILES string of the molecule is CC[C@@H](C)/C=C(C)/C=C/C(=O)c1c(O)c(-c2ccc(O)cc2)cn(OC2CC(=O)CCC(C)OC(=O)CC2O)c1=O. The lowest BCUT2D eigenvalue weighted by molar-refractivity contribution is -0.156. The molecule has 10 heteroatoms. The Morgan fingerprint density at radius 3 is 2.49 bits per heavy atom. The second kappa shape index (κ2) is 13.9. The van der Waals surface area contributed by atoms with E-state index in [1.54, 1.807) is 13.0 Å². The molecule has 220 valence electrons. The smallest absolute Gasteiger partial charge is 0.308 e. The standard InChI is InChI=1S/C31H37NO9/c1-5-18(2)14-19(3)6-13-25(35)29-30(38)24(21-8-11-22(33)12-9-21)17-32(31(29)39)41-27-15-23(34)10-7-20(4)40-28(37)16-26(27)36/h6,8-9,11-14,17-18,20,26-27,33,36,38H,5,7,10,15-16H2,1-4H3/b13-6+,19-14+/t18-,20?,26?,27?/m1/s1. The number of allylic oxidation sites excluding steroid dienone is 4. The molecule has 1 aliphatic heterocycles. The number of ether oxygens (including phenoxy) is 1. The van der Waals surface area contributed by atoms with E-state index in [9.17, 15) is 34.5 Å². The van der Waals surface area contributed by atoms with Crippen LogP contribution >= 0.6 is 0 Å². The lowest BCUT2D eigenvalue weighted by atomic mass is 10.00. The van der Waals surface area contributed by atoms with Crippen LogP contribution in [0.3, 0.4) is 0 Å². The Morgan fingerprint density at radius 2 is 1.83 bits per heavy atom. The number of aromatic nitrogens is 1. The first kappa shape index (κ1) is 31.3. The summed E-state index contributed by atoms with van der Waals surface area (Å²) in [7, 11) is 0. The molecule has 1 fully saturated rings. The fourth-order valence-electron chi connectivity index (χ4n) is 4.36. The summed E-state index contributed by atoms with van der Waals surface area (Å²) in [6.45, 7) is 7.53. The first-order valence-electron chi connectivity index (χ1n) is 13.6. The highest BCUT2D eigenvalue weighted by Crippen LogP contribution is 2.32. The number of aliphatic hydroxyl groups is 1. The van der Waals surface area contributed by atoms with Crippen LogP contribution in [0.25, 0.3) is 11.1 Å². The third-order valence-electron chi connectivity index (χ3n) is 6.91. The second-order valence-corrected chi connectivity index (χ2v) is 10.4. The summed E-state index contributed by atoms with van der Waals surface area (Å²) >= 11 is 0. The number of Topliss-reactive ketones (excluding diaryl/α,β-unsaturated/α-hetero) is 1. The highest BCUT2D eigenvalue weighted by Gasteiger charge is 2.31. The van der Waals surface area contributed by atoms with Gasteiger partial charge in [-0.3, -0.25) is 19.2 Å². The number of phenols is 1. The van der Waals surface area contributed by atoms with E-state index in [0.29, 0.717) is 16.7 Å². The zero-order chi connectivity index (χ0) is 30.3.